The molecule has 2 saturated carbocycles. The van der Waals surface area contributed by atoms with E-state index in [0.29, 0.717) is 18.0 Å². The van der Waals surface area contributed by atoms with Crippen molar-refractivity contribution in [3.8, 4) is 0 Å². The molecule has 3 atom stereocenters. The van der Waals surface area contributed by atoms with Crippen LogP contribution in [0.5, 0.6) is 0 Å². The first kappa shape index (κ1) is 14.0. The second kappa shape index (κ2) is 5.47. The molecule has 0 N–H and O–H groups in total. The maximum Gasteiger partial charge on any atom is 0.274 e. The van der Waals surface area contributed by atoms with E-state index in [-0.39, 0.29) is 22.4 Å². The smallest absolute Gasteiger partial charge is 0.274 e. The van der Waals surface area contributed by atoms with Gasteiger partial charge in [-0.3, -0.25) is 14.9 Å². The fraction of sp³-hybridized carbons (Fsp3) is 0.562. The largest absolute Gasteiger partial charge is 0.341 e. The average molecular weight is 288 g/mol. The van der Waals surface area contributed by atoms with Crippen LogP contribution >= 0.6 is 0 Å². The lowest BCUT2D eigenvalue weighted by Crippen LogP contribution is -2.35. The van der Waals surface area contributed by atoms with Gasteiger partial charge in [-0.15, -0.1) is 0 Å². The second-order valence-corrected chi connectivity index (χ2v) is 6.36. The molecule has 1 amide bonds. The molecule has 0 saturated heterocycles. The molecule has 1 aromatic carbocycles. The molecule has 21 heavy (non-hydrogen) atoms. The average Bonchev–Trinajstić information content (AvgIpc) is 3.09. The van der Waals surface area contributed by atoms with E-state index in [2.05, 4.69) is 0 Å². The highest BCUT2D eigenvalue weighted by atomic mass is 16.6. The van der Waals surface area contributed by atoms with E-state index in [4.69, 9.17) is 0 Å². The van der Waals surface area contributed by atoms with Gasteiger partial charge in [0.25, 0.3) is 5.69 Å². The predicted molar refractivity (Wildman–Crippen MR) is 78.5 cm³/mol. The number of benzene rings is 1. The standard InChI is InChI=1S/C16H20N2O3/c1-17(10-13-4-2-3-5-15(13)18(20)21)16(19)14-9-11-6-7-12(14)8-11/h2-5,11-12,14H,6-10H2,1H3/t11-,12-,14-/m0/s1. The van der Waals surface area contributed by atoms with E-state index in [9.17, 15) is 14.9 Å². The fourth-order valence-electron chi connectivity index (χ4n) is 3.99. The van der Waals surface area contributed by atoms with Crippen molar-refractivity contribution in [1.29, 1.82) is 0 Å². The van der Waals surface area contributed by atoms with Crippen molar-refractivity contribution in [1.82, 2.24) is 4.90 Å². The van der Waals surface area contributed by atoms with E-state index < -0.39 is 0 Å². The third-order valence-corrected chi connectivity index (χ3v) is 5.03. The van der Waals surface area contributed by atoms with Crippen LogP contribution in [0.1, 0.15) is 31.2 Å². The normalized spacial score (nSPS) is 26.8. The second-order valence-electron chi connectivity index (χ2n) is 6.36. The van der Waals surface area contributed by atoms with Gasteiger partial charge in [0.05, 0.1) is 11.5 Å². The molecule has 0 aromatic heterocycles. The summed E-state index contributed by atoms with van der Waals surface area (Å²) in [5.74, 6) is 1.55. The van der Waals surface area contributed by atoms with Gasteiger partial charge in [-0.2, -0.15) is 0 Å². The van der Waals surface area contributed by atoms with Crippen LogP contribution in [-0.4, -0.2) is 22.8 Å². The molecule has 5 nitrogen and oxygen atoms in total. The summed E-state index contributed by atoms with van der Waals surface area (Å²) >= 11 is 0. The Morgan fingerprint density at radius 1 is 1.33 bits per heavy atom. The lowest BCUT2D eigenvalue weighted by Gasteiger charge is -2.26. The molecule has 5 heteroatoms. The van der Waals surface area contributed by atoms with Crippen LogP contribution in [0, 0.1) is 27.9 Å². The molecule has 3 rings (SSSR count). The van der Waals surface area contributed by atoms with E-state index >= 15 is 0 Å². The number of nitro benzene ring substituents is 1. The van der Waals surface area contributed by atoms with E-state index in [1.807, 2.05) is 0 Å². The summed E-state index contributed by atoms with van der Waals surface area (Å²) in [6.07, 6.45) is 4.63. The number of nitrogens with zero attached hydrogens (tertiary/aromatic N) is 2. The number of fused-ring (bicyclic) bond motifs is 2. The first-order chi connectivity index (χ1) is 10.1. The zero-order valence-corrected chi connectivity index (χ0v) is 12.2. The Bertz CT molecular complexity index is 572. The van der Waals surface area contributed by atoms with Gasteiger partial charge in [0.1, 0.15) is 0 Å². The van der Waals surface area contributed by atoms with Crippen LogP contribution in [-0.2, 0) is 11.3 Å². The Hall–Kier alpha value is -1.91. The molecule has 2 fully saturated rings. The quantitative estimate of drug-likeness (QED) is 0.632. The van der Waals surface area contributed by atoms with E-state index in [0.717, 1.165) is 12.3 Å². The highest BCUT2D eigenvalue weighted by molar-refractivity contribution is 5.79. The lowest BCUT2D eigenvalue weighted by molar-refractivity contribution is -0.385. The van der Waals surface area contributed by atoms with Crippen LogP contribution in [0.25, 0.3) is 0 Å². The van der Waals surface area contributed by atoms with Gasteiger partial charge in [0.15, 0.2) is 0 Å². The summed E-state index contributed by atoms with van der Waals surface area (Å²) in [4.78, 5) is 24.9. The molecule has 1 aromatic rings. The molecule has 2 aliphatic rings. The van der Waals surface area contributed by atoms with Gasteiger partial charge in [-0.25, -0.2) is 0 Å². The summed E-state index contributed by atoms with van der Waals surface area (Å²) in [5, 5.41) is 11.0. The van der Waals surface area contributed by atoms with Crippen molar-refractivity contribution in [3.05, 3.63) is 39.9 Å². The molecular weight excluding hydrogens is 268 g/mol. The number of para-hydroxylation sites is 1. The van der Waals surface area contributed by atoms with E-state index in [1.165, 1.54) is 25.3 Å². The first-order valence-electron chi connectivity index (χ1n) is 7.53. The maximum atomic E-state index is 12.6. The Labute approximate surface area is 124 Å². The number of rotatable bonds is 4. The molecule has 112 valence electrons. The number of carbonyl (C=O) groups excluding carboxylic acids is 1. The van der Waals surface area contributed by atoms with Crippen molar-refractivity contribution in [3.63, 3.8) is 0 Å². The fourth-order valence-corrected chi connectivity index (χ4v) is 3.99. The van der Waals surface area contributed by atoms with Crippen LogP contribution in [0.15, 0.2) is 24.3 Å². The molecule has 0 radical (unpaired) electrons. The van der Waals surface area contributed by atoms with Gasteiger partial charge in [0, 0.05) is 24.6 Å². The molecule has 2 aliphatic carbocycles. The highest BCUT2D eigenvalue weighted by Crippen LogP contribution is 2.48. The summed E-state index contributed by atoms with van der Waals surface area (Å²) in [6.45, 7) is 0.309. The van der Waals surface area contributed by atoms with Crippen molar-refractivity contribution in [2.45, 2.75) is 32.2 Å². The van der Waals surface area contributed by atoms with Crippen molar-refractivity contribution >= 4 is 11.6 Å². The maximum absolute atomic E-state index is 12.6. The van der Waals surface area contributed by atoms with Crippen molar-refractivity contribution in [2.75, 3.05) is 7.05 Å². The zero-order chi connectivity index (χ0) is 15.0. The molecule has 0 heterocycles. The van der Waals surface area contributed by atoms with Crippen molar-refractivity contribution < 1.29 is 9.72 Å². The number of amides is 1. The minimum absolute atomic E-state index is 0.0880. The predicted octanol–water partition coefficient (Wildman–Crippen LogP) is 2.99. The van der Waals surface area contributed by atoms with Crippen LogP contribution in [0.4, 0.5) is 5.69 Å². The van der Waals surface area contributed by atoms with Crippen LogP contribution in [0.3, 0.4) is 0 Å². The lowest BCUT2D eigenvalue weighted by atomic mass is 9.88. The minimum Gasteiger partial charge on any atom is -0.341 e. The Morgan fingerprint density at radius 2 is 2.10 bits per heavy atom. The van der Waals surface area contributed by atoms with Crippen LogP contribution in [0.2, 0.25) is 0 Å². The number of hydrogen-bond acceptors (Lipinski definition) is 3. The highest BCUT2D eigenvalue weighted by Gasteiger charge is 2.43. The monoisotopic (exact) mass is 288 g/mol. The molecule has 0 unspecified atom stereocenters. The summed E-state index contributed by atoms with van der Waals surface area (Å²) in [7, 11) is 1.76. The Morgan fingerprint density at radius 3 is 2.71 bits per heavy atom. The number of hydrogen-bond donors (Lipinski definition) is 0. The van der Waals surface area contributed by atoms with Gasteiger partial charge in [-0.1, -0.05) is 24.6 Å². The minimum atomic E-state index is -0.384. The third kappa shape index (κ3) is 2.64. The van der Waals surface area contributed by atoms with Gasteiger partial charge in [0.2, 0.25) is 5.91 Å². The summed E-state index contributed by atoms with van der Waals surface area (Å²) in [6, 6.07) is 6.64. The SMILES string of the molecule is CN(Cc1ccccc1[N+](=O)[O-])C(=O)[C@H]1C[C@H]2CC[C@H]1C2. The van der Waals surface area contributed by atoms with Crippen molar-refractivity contribution in [2.24, 2.45) is 17.8 Å². The van der Waals surface area contributed by atoms with Gasteiger partial charge >= 0.3 is 0 Å². The first-order valence-corrected chi connectivity index (χ1v) is 7.53. The van der Waals surface area contributed by atoms with Crippen LogP contribution < -0.4 is 0 Å². The number of nitro groups is 1. The Balaban J connectivity index is 1.70. The Kier molecular flexibility index (Phi) is 3.66. The molecule has 0 aliphatic heterocycles. The molecular formula is C16H20N2O3. The van der Waals surface area contributed by atoms with E-state index in [1.54, 1.807) is 30.1 Å². The topological polar surface area (TPSA) is 63.4 Å². The van der Waals surface area contributed by atoms with Gasteiger partial charge in [-0.05, 0) is 31.1 Å². The zero-order valence-electron chi connectivity index (χ0n) is 12.2. The summed E-state index contributed by atoms with van der Waals surface area (Å²) < 4.78 is 0. The third-order valence-electron chi connectivity index (χ3n) is 5.03. The van der Waals surface area contributed by atoms with Gasteiger partial charge < -0.3 is 4.90 Å². The summed E-state index contributed by atoms with van der Waals surface area (Å²) in [5.41, 5.74) is 0.687. The molecule has 2 bridgehead atoms. The number of carbonyl (C=O) groups is 1. The molecule has 0 spiro atoms.